The Morgan fingerprint density at radius 3 is 2.17 bits per heavy atom. The Balaban J connectivity index is 3.39. The number of pyridine rings is 1. The van der Waals surface area contributed by atoms with E-state index < -0.39 is 35.4 Å². The average molecular weight is 275 g/mol. The number of ether oxygens (including phenoxy) is 1. The third-order valence-corrected chi connectivity index (χ3v) is 1.59. The van der Waals surface area contributed by atoms with Gasteiger partial charge in [-0.05, 0) is 0 Å². The van der Waals surface area contributed by atoms with Crippen LogP contribution in [0, 0.1) is 0 Å². The first-order valence-electron chi connectivity index (χ1n) is 4.06. The van der Waals surface area contributed by atoms with Crippen molar-refractivity contribution in [2.24, 2.45) is 0 Å². The fourth-order valence-corrected chi connectivity index (χ4v) is 0.994. The second kappa shape index (κ2) is 4.35. The van der Waals surface area contributed by atoms with Gasteiger partial charge in [-0.15, -0.1) is 13.2 Å². The van der Waals surface area contributed by atoms with Crippen LogP contribution in [0.1, 0.15) is 16.2 Å². The van der Waals surface area contributed by atoms with Crippen molar-refractivity contribution < 1.29 is 41.0 Å². The summed E-state index contributed by atoms with van der Waals surface area (Å²) >= 11 is 0. The van der Waals surface area contributed by atoms with E-state index in [0.29, 0.717) is 0 Å². The Morgan fingerprint density at radius 2 is 1.78 bits per heavy atom. The molecule has 0 aliphatic carbocycles. The zero-order valence-corrected chi connectivity index (χ0v) is 8.13. The summed E-state index contributed by atoms with van der Waals surface area (Å²) in [6, 6.07) is 0.241. The fraction of sp³-hybridized carbons (Fsp3) is 0.250. The van der Waals surface area contributed by atoms with Gasteiger partial charge in [0.1, 0.15) is 5.69 Å². The van der Waals surface area contributed by atoms with Crippen molar-refractivity contribution >= 4 is 6.29 Å². The third kappa shape index (κ3) is 3.25. The maximum Gasteiger partial charge on any atom is 0.573 e. The number of aromatic hydroxyl groups is 1. The highest BCUT2D eigenvalue weighted by Gasteiger charge is 2.40. The highest BCUT2D eigenvalue weighted by atomic mass is 19.4. The van der Waals surface area contributed by atoms with Crippen LogP contribution in [0.15, 0.2) is 6.07 Å². The summed E-state index contributed by atoms with van der Waals surface area (Å²) in [5.41, 5.74) is -2.99. The van der Waals surface area contributed by atoms with Crippen molar-refractivity contribution in [2.75, 3.05) is 0 Å². The molecule has 1 N–H and O–H groups in total. The van der Waals surface area contributed by atoms with Crippen molar-refractivity contribution in [3.05, 3.63) is 17.5 Å². The van der Waals surface area contributed by atoms with E-state index in [4.69, 9.17) is 5.11 Å². The predicted octanol–water partition coefficient (Wildman–Crippen LogP) is 2.52. The number of hydrogen-bond donors (Lipinski definition) is 1. The first-order valence-corrected chi connectivity index (χ1v) is 4.06. The highest BCUT2D eigenvalue weighted by molar-refractivity contribution is 5.73. The van der Waals surface area contributed by atoms with Gasteiger partial charge in [0.25, 0.3) is 0 Å². The van der Waals surface area contributed by atoms with Gasteiger partial charge in [-0.1, -0.05) is 0 Å². The van der Waals surface area contributed by atoms with Crippen molar-refractivity contribution in [3.8, 4) is 11.5 Å². The van der Waals surface area contributed by atoms with Crippen LogP contribution in [0.25, 0.3) is 0 Å². The summed E-state index contributed by atoms with van der Waals surface area (Å²) in [7, 11) is 0. The largest absolute Gasteiger partial charge is 0.573 e. The standard InChI is InChI=1S/C8H3F6NO3/c9-7(10,11)6-5(17)4(18-8(12,13)14)1-3(2-16)15-6/h1-2,17H. The topological polar surface area (TPSA) is 59.4 Å². The molecule has 0 radical (unpaired) electrons. The monoisotopic (exact) mass is 275 g/mol. The summed E-state index contributed by atoms with van der Waals surface area (Å²) in [5, 5.41) is 8.98. The Morgan fingerprint density at radius 1 is 1.22 bits per heavy atom. The Bertz CT molecular complexity index is 467. The molecule has 0 amide bonds. The zero-order valence-electron chi connectivity index (χ0n) is 8.13. The second-order valence-corrected chi connectivity index (χ2v) is 2.91. The van der Waals surface area contributed by atoms with E-state index >= 15 is 0 Å². The first kappa shape index (κ1) is 14.1. The molecular formula is C8H3F6NO3. The molecule has 18 heavy (non-hydrogen) atoms. The number of alkyl halides is 6. The lowest BCUT2D eigenvalue weighted by atomic mass is 10.2. The first-order chi connectivity index (χ1) is 8.04. The summed E-state index contributed by atoms with van der Waals surface area (Å²) in [5.74, 6) is -3.39. The van der Waals surface area contributed by atoms with Crippen LogP contribution in [-0.4, -0.2) is 22.7 Å². The Kier molecular flexibility index (Phi) is 3.40. The number of carbonyl (C=O) groups is 1. The van der Waals surface area contributed by atoms with Crippen molar-refractivity contribution in [1.82, 2.24) is 4.98 Å². The molecule has 0 aliphatic rings. The summed E-state index contributed by atoms with van der Waals surface area (Å²) < 4.78 is 75.7. The normalized spacial score (nSPS) is 12.3. The molecule has 4 nitrogen and oxygen atoms in total. The quantitative estimate of drug-likeness (QED) is 0.665. The molecular weight excluding hydrogens is 272 g/mol. The predicted molar refractivity (Wildman–Crippen MR) is 43.0 cm³/mol. The number of halogens is 6. The van der Waals surface area contributed by atoms with Crippen LogP contribution in [0.4, 0.5) is 26.3 Å². The lowest BCUT2D eigenvalue weighted by Gasteiger charge is -2.14. The summed E-state index contributed by atoms with van der Waals surface area (Å²) in [4.78, 5) is 12.9. The number of rotatable bonds is 2. The minimum atomic E-state index is -5.32. The fourth-order valence-electron chi connectivity index (χ4n) is 0.994. The highest BCUT2D eigenvalue weighted by Crippen LogP contribution is 2.41. The maximum absolute atomic E-state index is 12.3. The Labute approximate surface area is 94.8 Å². The smallest absolute Gasteiger partial charge is 0.503 e. The van der Waals surface area contributed by atoms with Crippen LogP contribution in [0.2, 0.25) is 0 Å². The van der Waals surface area contributed by atoms with Gasteiger partial charge in [-0.2, -0.15) is 13.2 Å². The van der Waals surface area contributed by atoms with Gasteiger partial charge in [-0.25, -0.2) is 4.98 Å². The van der Waals surface area contributed by atoms with Gasteiger partial charge < -0.3 is 9.84 Å². The minimum absolute atomic E-state index is 0.210. The van der Waals surface area contributed by atoms with Crippen LogP contribution in [0.5, 0.6) is 11.5 Å². The van der Waals surface area contributed by atoms with E-state index in [1.54, 1.807) is 0 Å². The average Bonchev–Trinajstić information content (AvgIpc) is 2.17. The number of aromatic nitrogens is 1. The Hall–Kier alpha value is -2.00. The van der Waals surface area contributed by atoms with Crippen LogP contribution < -0.4 is 4.74 Å². The van der Waals surface area contributed by atoms with Gasteiger partial charge in [0.05, 0.1) is 0 Å². The lowest BCUT2D eigenvalue weighted by molar-refractivity contribution is -0.275. The number of hydrogen-bond acceptors (Lipinski definition) is 4. The molecule has 1 rings (SSSR count). The van der Waals surface area contributed by atoms with Crippen molar-refractivity contribution in [1.29, 1.82) is 0 Å². The van der Waals surface area contributed by atoms with Crippen LogP contribution in [0.3, 0.4) is 0 Å². The van der Waals surface area contributed by atoms with E-state index in [1.807, 2.05) is 0 Å². The molecule has 1 heterocycles. The molecule has 0 aliphatic heterocycles. The number of carbonyl (C=O) groups excluding carboxylic acids is 1. The van der Waals surface area contributed by atoms with Gasteiger partial charge in [0.15, 0.2) is 23.5 Å². The molecule has 1 aromatic heterocycles. The van der Waals surface area contributed by atoms with E-state index in [2.05, 4.69) is 9.72 Å². The maximum atomic E-state index is 12.3. The van der Waals surface area contributed by atoms with Gasteiger partial charge in [-0.3, -0.25) is 4.79 Å². The third-order valence-electron chi connectivity index (χ3n) is 1.59. The van der Waals surface area contributed by atoms with Gasteiger partial charge in [0.2, 0.25) is 0 Å². The van der Waals surface area contributed by atoms with E-state index in [9.17, 15) is 31.1 Å². The van der Waals surface area contributed by atoms with Crippen LogP contribution in [-0.2, 0) is 6.18 Å². The van der Waals surface area contributed by atoms with E-state index in [-0.39, 0.29) is 12.4 Å². The van der Waals surface area contributed by atoms with Gasteiger partial charge >= 0.3 is 12.5 Å². The molecule has 0 bridgehead atoms. The second-order valence-electron chi connectivity index (χ2n) is 2.91. The van der Waals surface area contributed by atoms with E-state index in [0.717, 1.165) is 0 Å². The van der Waals surface area contributed by atoms with Crippen LogP contribution >= 0.6 is 0 Å². The molecule has 0 fully saturated rings. The number of nitrogens with zero attached hydrogens (tertiary/aromatic N) is 1. The molecule has 0 spiro atoms. The molecule has 0 aromatic carbocycles. The van der Waals surface area contributed by atoms with Crippen molar-refractivity contribution in [3.63, 3.8) is 0 Å². The van der Waals surface area contributed by atoms with E-state index in [1.165, 1.54) is 0 Å². The molecule has 0 saturated heterocycles. The molecule has 0 unspecified atom stereocenters. The lowest BCUT2D eigenvalue weighted by Crippen LogP contribution is -2.19. The molecule has 1 aromatic rings. The summed E-state index contributed by atoms with van der Waals surface area (Å²) in [6.45, 7) is 0. The summed E-state index contributed by atoms with van der Waals surface area (Å²) in [6.07, 6.45) is -10.8. The number of aldehydes is 1. The van der Waals surface area contributed by atoms with Crippen molar-refractivity contribution in [2.45, 2.75) is 12.5 Å². The molecule has 0 saturated carbocycles. The molecule has 10 heteroatoms. The molecule has 0 atom stereocenters. The molecule has 100 valence electrons. The van der Waals surface area contributed by atoms with Gasteiger partial charge in [0, 0.05) is 6.07 Å². The zero-order chi connectivity index (χ0) is 14.1. The minimum Gasteiger partial charge on any atom is -0.503 e. The SMILES string of the molecule is O=Cc1cc(OC(F)(F)F)c(O)c(C(F)(F)F)n1.